The number of aromatic nitrogens is 1. The molecule has 1 aliphatic carbocycles. The third kappa shape index (κ3) is 4.91. The number of hydrogen-bond donors (Lipinski definition) is 3. The maximum Gasteiger partial charge on any atom is 0.241 e. The molecule has 3 aromatic rings. The highest BCUT2D eigenvalue weighted by molar-refractivity contribution is 5.95. The van der Waals surface area contributed by atoms with Gasteiger partial charge in [-0.05, 0) is 54.2 Å². The lowest BCUT2D eigenvalue weighted by Crippen LogP contribution is -2.39. The number of amides is 1. The number of anilines is 1. The summed E-state index contributed by atoms with van der Waals surface area (Å²) in [6.45, 7) is 0.487. The Morgan fingerprint density at radius 3 is 2.67 bits per heavy atom. The van der Waals surface area contributed by atoms with Gasteiger partial charge in [-0.3, -0.25) is 9.78 Å². The molecule has 2 aliphatic rings. The SMILES string of the molecule is COC1(c2ccccc2)CNC(C(=O)Nc2cc(C(N)(CCC3CC3)c3ccccn3)ccc2F)C1. The number of nitrogens with one attached hydrogen (secondary N) is 2. The molecule has 0 bridgehead atoms. The molecule has 1 aliphatic heterocycles. The minimum atomic E-state index is -0.874. The van der Waals surface area contributed by atoms with Crippen LogP contribution in [0.5, 0.6) is 0 Å². The van der Waals surface area contributed by atoms with Crippen LogP contribution in [0.3, 0.4) is 0 Å². The third-order valence-corrected chi connectivity index (χ3v) is 7.68. The lowest BCUT2D eigenvalue weighted by molar-refractivity contribution is -0.118. The van der Waals surface area contributed by atoms with Gasteiger partial charge in [0.25, 0.3) is 0 Å². The minimum Gasteiger partial charge on any atom is -0.372 e. The van der Waals surface area contributed by atoms with Crippen LogP contribution < -0.4 is 16.4 Å². The predicted octanol–water partition coefficient (Wildman–Crippen LogP) is 4.46. The molecule has 2 fully saturated rings. The van der Waals surface area contributed by atoms with Crippen molar-refractivity contribution in [2.75, 3.05) is 19.0 Å². The monoisotopic (exact) mass is 488 g/mol. The Kier molecular flexibility index (Phi) is 6.88. The molecule has 3 atom stereocenters. The third-order valence-electron chi connectivity index (χ3n) is 7.68. The van der Waals surface area contributed by atoms with Crippen LogP contribution in [0.4, 0.5) is 10.1 Å². The molecule has 3 unspecified atom stereocenters. The Balaban J connectivity index is 1.37. The van der Waals surface area contributed by atoms with Crippen molar-refractivity contribution in [1.82, 2.24) is 10.3 Å². The first-order valence-corrected chi connectivity index (χ1v) is 12.6. The molecule has 7 heteroatoms. The Hall–Kier alpha value is -3.13. The van der Waals surface area contributed by atoms with E-state index in [1.807, 2.05) is 48.5 Å². The molecule has 1 saturated carbocycles. The van der Waals surface area contributed by atoms with Gasteiger partial charge in [0.05, 0.1) is 23.0 Å². The van der Waals surface area contributed by atoms with Crippen molar-refractivity contribution < 1.29 is 13.9 Å². The molecule has 1 amide bonds. The average Bonchev–Trinajstić information content (AvgIpc) is 3.65. The number of benzene rings is 2. The number of nitrogens with zero attached hydrogens (tertiary/aromatic N) is 1. The van der Waals surface area contributed by atoms with Gasteiger partial charge in [-0.2, -0.15) is 0 Å². The van der Waals surface area contributed by atoms with Gasteiger partial charge in [0.15, 0.2) is 0 Å². The minimum absolute atomic E-state index is 0.117. The normalized spacial score (nSPS) is 23.2. The highest BCUT2D eigenvalue weighted by atomic mass is 19.1. The van der Waals surface area contributed by atoms with Crippen molar-refractivity contribution in [1.29, 1.82) is 0 Å². The number of pyridine rings is 1. The quantitative estimate of drug-likeness (QED) is 0.414. The summed E-state index contributed by atoms with van der Waals surface area (Å²) in [5.41, 5.74) is 8.08. The van der Waals surface area contributed by atoms with Crippen LogP contribution in [0, 0.1) is 11.7 Å². The fourth-order valence-corrected chi connectivity index (χ4v) is 5.19. The molecule has 1 aromatic heterocycles. The van der Waals surface area contributed by atoms with Crippen LogP contribution in [0.15, 0.2) is 72.9 Å². The number of rotatable bonds is 9. The lowest BCUT2D eigenvalue weighted by Gasteiger charge is -2.30. The van der Waals surface area contributed by atoms with Crippen molar-refractivity contribution in [3.8, 4) is 0 Å². The number of carbonyl (C=O) groups excluding carboxylic acids is 1. The van der Waals surface area contributed by atoms with Gasteiger partial charge in [-0.25, -0.2) is 4.39 Å². The standard InChI is InChI=1S/C29H33FN4O2/c1-36-28(21-7-3-2-4-8-21)18-25(33-19-28)27(35)34-24-17-22(12-13-23(24)30)29(31,15-14-20-10-11-20)26-9-5-6-16-32-26/h2-9,12-13,16-17,20,25,33H,10-11,14-15,18-19,31H2,1H3,(H,34,35). The van der Waals surface area contributed by atoms with E-state index in [1.165, 1.54) is 18.9 Å². The lowest BCUT2D eigenvalue weighted by atomic mass is 9.82. The van der Waals surface area contributed by atoms with Gasteiger partial charge in [0, 0.05) is 26.3 Å². The van der Waals surface area contributed by atoms with Gasteiger partial charge in [-0.15, -0.1) is 0 Å². The highest BCUT2D eigenvalue weighted by Gasteiger charge is 2.43. The average molecular weight is 489 g/mol. The zero-order chi connectivity index (χ0) is 25.2. The summed E-state index contributed by atoms with van der Waals surface area (Å²) >= 11 is 0. The molecular formula is C29H33FN4O2. The number of carbonyl (C=O) groups is 1. The summed E-state index contributed by atoms with van der Waals surface area (Å²) in [6, 6.07) is 19.7. The van der Waals surface area contributed by atoms with E-state index in [9.17, 15) is 9.18 Å². The number of ether oxygens (including phenoxy) is 1. The smallest absolute Gasteiger partial charge is 0.241 e. The summed E-state index contributed by atoms with van der Waals surface area (Å²) in [7, 11) is 1.65. The van der Waals surface area contributed by atoms with Crippen molar-refractivity contribution in [3.05, 3.63) is 95.6 Å². The number of methoxy groups -OCH3 is 1. The van der Waals surface area contributed by atoms with E-state index in [-0.39, 0.29) is 11.6 Å². The zero-order valence-electron chi connectivity index (χ0n) is 20.5. The van der Waals surface area contributed by atoms with Crippen molar-refractivity contribution in [3.63, 3.8) is 0 Å². The Morgan fingerprint density at radius 1 is 1.19 bits per heavy atom. The van der Waals surface area contributed by atoms with Crippen LogP contribution in [0.25, 0.3) is 0 Å². The topological polar surface area (TPSA) is 89.3 Å². The molecule has 5 rings (SSSR count). The first kappa shape index (κ1) is 24.6. The molecule has 1 saturated heterocycles. The fourth-order valence-electron chi connectivity index (χ4n) is 5.19. The highest BCUT2D eigenvalue weighted by Crippen LogP contribution is 2.40. The second kappa shape index (κ2) is 10.1. The van der Waals surface area contributed by atoms with Crippen LogP contribution in [0.2, 0.25) is 0 Å². The summed E-state index contributed by atoms with van der Waals surface area (Å²) in [5, 5.41) is 6.05. The molecule has 2 heterocycles. The van der Waals surface area contributed by atoms with E-state index < -0.39 is 23.0 Å². The van der Waals surface area contributed by atoms with Crippen LogP contribution >= 0.6 is 0 Å². The van der Waals surface area contributed by atoms with Crippen LogP contribution in [-0.2, 0) is 20.7 Å². The zero-order valence-corrected chi connectivity index (χ0v) is 20.5. The van der Waals surface area contributed by atoms with E-state index in [4.69, 9.17) is 10.5 Å². The number of hydrogen-bond acceptors (Lipinski definition) is 5. The molecular weight excluding hydrogens is 455 g/mol. The largest absolute Gasteiger partial charge is 0.372 e. The van der Waals surface area contributed by atoms with Crippen molar-refractivity contribution >= 4 is 11.6 Å². The Bertz CT molecular complexity index is 1200. The van der Waals surface area contributed by atoms with Gasteiger partial charge in [0.2, 0.25) is 5.91 Å². The van der Waals surface area contributed by atoms with Crippen LogP contribution in [-0.4, -0.2) is 30.6 Å². The molecule has 188 valence electrons. The summed E-state index contributed by atoms with van der Waals surface area (Å²) in [5.74, 6) is -0.119. The second-order valence-electron chi connectivity index (χ2n) is 10.1. The first-order chi connectivity index (χ1) is 17.4. The van der Waals surface area contributed by atoms with Crippen molar-refractivity contribution in [2.24, 2.45) is 11.7 Å². The maximum absolute atomic E-state index is 14.9. The fraction of sp³-hybridized carbons (Fsp3) is 0.379. The maximum atomic E-state index is 14.9. The van der Waals surface area contributed by atoms with E-state index in [0.29, 0.717) is 25.3 Å². The molecule has 36 heavy (non-hydrogen) atoms. The Labute approximate surface area is 211 Å². The number of halogens is 1. The van der Waals surface area contributed by atoms with Gasteiger partial charge in [0.1, 0.15) is 11.4 Å². The summed E-state index contributed by atoms with van der Waals surface area (Å²) in [6.07, 6.45) is 6.30. The summed E-state index contributed by atoms with van der Waals surface area (Å²) in [4.78, 5) is 17.7. The molecule has 6 nitrogen and oxygen atoms in total. The van der Waals surface area contributed by atoms with Gasteiger partial charge >= 0.3 is 0 Å². The Morgan fingerprint density at radius 2 is 1.97 bits per heavy atom. The van der Waals surface area contributed by atoms with Gasteiger partial charge in [-0.1, -0.05) is 55.3 Å². The predicted molar refractivity (Wildman–Crippen MR) is 138 cm³/mol. The van der Waals surface area contributed by atoms with Gasteiger partial charge < -0.3 is 21.1 Å². The van der Waals surface area contributed by atoms with Crippen molar-refractivity contribution in [2.45, 2.75) is 49.3 Å². The summed E-state index contributed by atoms with van der Waals surface area (Å²) < 4.78 is 20.8. The molecule has 0 spiro atoms. The molecule has 2 aromatic carbocycles. The second-order valence-corrected chi connectivity index (χ2v) is 10.1. The van der Waals surface area contributed by atoms with E-state index in [0.717, 1.165) is 23.2 Å². The molecule has 4 N–H and O–H groups in total. The van der Waals surface area contributed by atoms with Crippen LogP contribution in [0.1, 0.15) is 48.9 Å². The number of nitrogens with two attached hydrogens (primary N) is 1. The molecule has 0 radical (unpaired) electrons. The van der Waals surface area contributed by atoms with E-state index >= 15 is 0 Å². The van der Waals surface area contributed by atoms with E-state index in [1.54, 1.807) is 25.4 Å². The first-order valence-electron chi connectivity index (χ1n) is 12.6. The van der Waals surface area contributed by atoms with E-state index in [2.05, 4.69) is 15.6 Å².